The van der Waals surface area contributed by atoms with Crippen molar-refractivity contribution in [1.82, 2.24) is 14.5 Å². The van der Waals surface area contributed by atoms with Crippen LogP contribution >= 0.6 is 11.3 Å². The largest absolute Gasteiger partial charge is 0.488 e. The molecular weight excluding hydrogens is 362 g/mol. The van der Waals surface area contributed by atoms with Gasteiger partial charge < -0.3 is 9.72 Å². The molecule has 0 bridgehead atoms. The minimum atomic E-state index is -0.172. The number of fused-ring (bicyclic) bond motifs is 3. The van der Waals surface area contributed by atoms with Crippen LogP contribution in [-0.2, 0) is 25.8 Å². The van der Waals surface area contributed by atoms with Crippen LogP contribution in [0.25, 0.3) is 10.2 Å². The van der Waals surface area contributed by atoms with Gasteiger partial charge in [-0.3, -0.25) is 14.2 Å². The molecule has 6 nitrogen and oxygen atoms in total. The summed E-state index contributed by atoms with van der Waals surface area (Å²) in [5.41, 5.74) is 1.69. The first-order valence-corrected chi connectivity index (χ1v) is 10.3. The third-order valence-corrected chi connectivity index (χ3v) is 6.13. The van der Waals surface area contributed by atoms with Crippen molar-refractivity contribution in [3.8, 4) is 5.75 Å². The average Bonchev–Trinajstić information content (AvgIpc) is 3.23. The minimum Gasteiger partial charge on any atom is -0.488 e. The molecule has 0 radical (unpaired) electrons. The van der Waals surface area contributed by atoms with E-state index in [0.29, 0.717) is 31.0 Å². The third-order valence-electron chi connectivity index (χ3n) is 4.95. The summed E-state index contributed by atoms with van der Waals surface area (Å²) in [4.78, 5) is 35.5. The van der Waals surface area contributed by atoms with Crippen LogP contribution < -0.4 is 15.7 Å². The van der Waals surface area contributed by atoms with Gasteiger partial charge in [0, 0.05) is 29.3 Å². The predicted molar refractivity (Wildman–Crippen MR) is 107 cm³/mol. The van der Waals surface area contributed by atoms with Gasteiger partial charge >= 0.3 is 0 Å². The maximum absolute atomic E-state index is 13.2. The van der Waals surface area contributed by atoms with Crippen molar-refractivity contribution in [2.24, 2.45) is 0 Å². The van der Waals surface area contributed by atoms with Crippen LogP contribution in [0.1, 0.15) is 48.6 Å². The molecule has 0 unspecified atom stereocenters. The number of hydrogen-bond donors (Lipinski definition) is 1. The van der Waals surface area contributed by atoms with Gasteiger partial charge in [-0.05, 0) is 31.2 Å². The maximum Gasteiger partial charge on any atom is 0.262 e. The van der Waals surface area contributed by atoms with Gasteiger partial charge in [-0.25, -0.2) is 4.98 Å². The molecule has 0 aliphatic heterocycles. The normalized spacial score (nSPS) is 13.3. The third kappa shape index (κ3) is 3.20. The lowest BCUT2D eigenvalue weighted by molar-refractivity contribution is 0.313. The lowest BCUT2D eigenvalue weighted by Crippen LogP contribution is -2.26. The van der Waals surface area contributed by atoms with Crippen LogP contribution in [0.3, 0.4) is 0 Å². The summed E-state index contributed by atoms with van der Waals surface area (Å²) in [7, 11) is 0. The highest BCUT2D eigenvalue weighted by Gasteiger charge is 2.23. The number of thiophene rings is 1. The summed E-state index contributed by atoms with van der Waals surface area (Å²) in [5, 5.41) is 0.773. The van der Waals surface area contributed by atoms with E-state index in [2.05, 4.69) is 4.98 Å². The monoisotopic (exact) mass is 385 g/mol. The van der Waals surface area contributed by atoms with Crippen molar-refractivity contribution < 1.29 is 4.74 Å². The first-order chi connectivity index (χ1) is 13.1. The Morgan fingerprint density at radius 1 is 1.30 bits per heavy atom. The quantitative estimate of drug-likeness (QED) is 0.708. The first kappa shape index (κ1) is 18.0. The zero-order chi connectivity index (χ0) is 19.0. The number of nitrogens with zero attached hydrogens (tertiary/aromatic N) is 2. The second kappa shape index (κ2) is 7.31. The van der Waals surface area contributed by atoms with Crippen LogP contribution in [0.4, 0.5) is 0 Å². The van der Waals surface area contributed by atoms with Crippen LogP contribution in [0.5, 0.6) is 5.75 Å². The molecule has 0 saturated heterocycles. The highest BCUT2D eigenvalue weighted by Crippen LogP contribution is 2.34. The Bertz CT molecular complexity index is 1110. The Morgan fingerprint density at radius 2 is 2.15 bits per heavy atom. The van der Waals surface area contributed by atoms with Gasteiger partial charge in [0.25, 0.3) is 5.56 Å². The molecule has 1 aliphatic rings. The number of aromatic nitrogens is 3. The first-order valence-electron chi connectivity index (χ1n) is 9.50. The molecule has 1 N–H and O–H groups in total. The molecule has 3 aromatic rings. The molecule has 142 valence electrons. The lowest BCUT2D eigenvalue weighted by Gasteiger charge is -2.12. The summed E-state index contributed by atoms with van der Waals surface area (Å²) in [5.74, 6) is 1.06. The Balaban J connectivity index is 1.75. The van der Waals surface area contributed by atoms with Crippen molar-refractivity contribution in [2.75, 3.05) is 6.61 Å². The van der Waals surface area contributed by atoms with E-state index in [4.69, 9.17) is 9.72 Å². The summed E-state index contributed by atoms with van der Waals surface area (Å²) in [6.07, 6.45) is 6.20. The van der Waals surface area contributed by atoms with E-state index < -0.39 is 0 Å². The predicted octanol–water partition coefficient (Wildman–Crippen LogP) is 3.03. The van der Waals surface area contributed by atoms with Crippen molar-refractivity contribution >= 4 is 21.6 Å². The summed E-state index contributed by atoms with van der Waals surface area (Å²) < 4.78 is 7.13. The molecular formula is C20H23N3O3S. The number of ether oxygens (including phenoxy) is 1. The number of rotatable bonds is 6. The van der Waals surface area contributed by atoms with E-state index in [1.165, 1.54) is 16.5 Å². The van der Waals surface area contributed by atoms with Gasteiger partial charge in [-0.2, -0.15) is 0 Å². The van der Waals surface area contributed by atoms with Crippen molar-refractivity contribution in [2.45, 2.75) is 52.5 Å². The molecule has 3 aromatic heterocycles. The molecule has 27 heavy (non-hydrogen) atoms. The van der Waals surface area contributed by atoms with Gasteiger partial charge in [0.05, 0.1) is 18.5 Å². The Morgan fingerprint density at radius 3 is 2.89 bits per heavy atom. The Labute approximate surface area is 160 Å². The summed E-state index contributed by atoms with van der Waals surface area (Å²) >= 11 is 1.66. The number of pyridine rings is 1. The standard InChI is InChI=1S/C20H23N3O3S/c1-3-8-26-15-10-21-12(9-14(15)24)11-23-17(4-2)22-19-18(20(23)25)13-6-5-7-16(13)27-19/h9-10H,3-8,11H2,1-2H3,(H,21,24). The van der Waals surface area contributed by atoms with Gasteiger partial charge in [0.15, 0.2) is 5.75 Å². The van der Waals surface area contributed by atoms with Crippen molar-refractivity contribution in [1.29, 1.82) is 0 Å². The SMILES string of the molecule is CCCOc1c[nH]c(Cn2c(CC)nc3sc4c(c3c2=O)CCC4)cc1=O. The van der Waals surface area contributed by atoms with E-state index in [-0.39, 0.29) is 11.0 Å². The highest BCUT2D eigenvalue weighted by atomic mass is 32.1. The average molecular weight is 385 g/mol. The summed E-state index contributed by atoms with van der Waals surface area (Å²) in [6, 6.07) is 1.51. The molecule has 1 aliphatic carbocycles. The maximum atomic E-state index is 13.2. The fourth-order valence-corrected chi connectivity index (χ4v) is 4.91. The molecule has 3 heterocycles. The smallest absolute Gasteiger partial charge is 0.262 e. The molecule has 0 saturated carbocycles. The van der Waals surface area contributed by atoms with Crippen molar-refractivity contribution in [3.63, 3.8) is 0 Å². The number of H-pyrrole nitrogens is 1. The number of aryl methyl sites for hydroxylation is 3. The topological polar surface area (TPSA) is 77.0 Å². The molecule has 0 spiro atoms. The number of hydrogen-bond acceptors (Lipinski definition) is 5. The molecule has 0 atom stereocenters. The highest BCUT2D eigenvalue weighted by molar-refractivity contribution is 7.18. The molecule has 0 aromatic carbocycles. The summed E-state index contributed by atoms with van der Waals surface area (Å²) in [6.45, 7) is 4.80. The molecule has 4 rings (SSSR count). The molecule has 0 fully saturated rings. The Hall–Kier alpha value is -2.41. The second-order valence-electron chi connectivity index (χ2n) is 6.85. The minimum absolute atomic E-state index is 0.00316. The second-order valence-corrected chi connectivity index (χ2v) is 7.93. The zero-order valence-electron chi connectivity index (χ0n) is 15.6. The number of nitrogens with one attached hydrogen (secondary N) is 1. The van der Waals surface area contributed by atoms with Crippen LogP contribution in [0.2, 0.25) is 0 Å². The van der Waals surface area contributed by atoms with E-state index in [1.807, 2.05) is 13.8 Å². The molecule has 7 heteroatoms. The van der Waals surface area contributed by atoms with Gasteiger partial charge in [0.1, 0.15) is 10.7 Å². The number of aromatic amines is 1. The zero-order valence-corrected chi connectivity index (χ0v) is 16.4. The van der Waals surface area contributed by atoms with E-state index in [0.717, 1.165) is 41.7 Å². The van der Waals surface area contributed by atoms with Crippen molar-refractivity contribution in [3.05, 3.63) is 54.8 Å². The fourth-order valence-electron chi connectivity index (χ4n) is 3.64. The van der Waals surface area contributed by atoms with Crippen LogP contribution in [0.15, 0.2) is 21.9 Å². The van der Waals surface area contributed by atoms with Crippen LogP contribution in [0, 0.1) is 0 Å². The lowest BCUT2D eigenvalue weighted by atomic mass is 10.2. The van der Waals surface area contributed by atoms with Crippen LogP contribution in [-0.4, -0.2) is 21.1 Å². The van der Waals surface area contributed by atoms with Gasteiger partial charge in [0.2, 0.25) is 5.43 Å². The van der Waals surface area contributed by atoms with Gasteiger partial charge in [-0.1, -0.05) is 13.8 Å². The van der Waals surface area contributed by atoms with E-state index in [1.54, 1.807) is 22.1 Å². The van der Waals surface area contributed by atoms with Gasteiger partial charge in [-0.15, -0.1) is 11.3 Å². The molecule has 0 amide bonds. The Kier molecular flexibility index (Phi) is 4.86. The van der Waals surface area contributed by atoms with E-state index in [9.17, 15) is 9.59 Å². The fraction of sp³-hybridized carbons (Fsp3) is 0.450. The van der Waals surface area contributed by atoms with E-state index >= 15 is 0 Å².